The normalized spacial score (nSPS) is 23.4. The van der Waals surface area contributed by atoms with Gasteiger partial charge in [-0.1, -0.05) is 24.3 Å². The lowest BCUT2D eigenvalue weighted by Crippen LogP contribution is -2.35. The van der Waals surface area contributed by atoms with Crippen molar-refractivity contribution in [2.24, 2.45) is 0 Å². The van der Waals surface area contributed by atoms with Crippen LogP contribution in [0.3, 0.4) is 0 Å². The second-order valence-electron chi connectivity index (χ2n) is 6.83. The molecule has 0 unspecified atom stereocenters. The highest BCUT2D eigenvalue weighted by Crippen LogP contribution is 2.27. The van der Waals surface area contributed by atoms with Crippen LogP contribution in [0.1, 0.15) is 39.7 Å². The van der Waals surface area contributed by atoms with E-state index in [1.165, 1.54) is 0 Å². The zero-order valence-electron chi connectivity index (χ0n) is 15.8. The molecule has 0 saturated carbocycles. The number of ether oxygens (including phenoxy) is 3. The average molecular weight is 350 g/mol. The molecule has 1 aliphatic heterocycles. The second-order valence-corrected chi connectivity index (χ2v) is 6.83. The van der Waals surface area contributed by atoms with Gasteiger partial charge in [-0.2, -0.15) is 0 Å². The van der Waals surface area contributed by atoms with Gasteiger partial charge in [0, 0.05) is 20.6 Å². The quantitative estimate of drug-likeness (QED) is 0.581. The van der Waals surface area contributed by atoms with Gasteiger partial charge < -0.3 is 23.5 Å². The van der Waals surface area contributed by atoms with E-state index >= 15 is 0 Å². The summed E-state index contributed by atoms with van der Waals surface area (Å²) >= 11 is 0. The third-order valence-electron chi connectivity index (χ3n) is 4.43. The predicted molar refractivity (Wildman–Crippen MR) is 94.9 cm³/mol. The van der Waals surface area contributed by atoms with Crippen LogP contribution in [0.25, 0.3) is 0 Å². The van der Waals surface area contributed by atoms with Crippen LogP contribution in [-0.2, 0) is 29.1 Å². The molecule has 7 heteroatoms. The highest BCUT2D eigenvalue weighted by molar-refractivity contribution is 6.61. The smallest absolute Gasteiger partial charge is 0.428 e. The monoisotopic (exact) mass is 350 g/mol. The van der Waals surface area contributed by atoms with E-state index in [0.29, 0.717) is 6.42 Å². The van der Waals surface area contributed by atoms with Crippen molar-refractivity contribution in [1.29, 1.82) is 0 Å². The molecular formula is C18H27BO6. The minimum Gasteiger partial charge on any atom is -0.428 e. The maximum absolute atomic E-state index is 12.2. The first-order valence-electron chi connectivity index (χ1n) is 8.48. The molecule has 0 N–H and O–H groups in total. The van der Waals surface area contributed by atoms with Crippen LogP contribution in [0.5, 0.6) is 0 Å². The number of rotatable bonds is 6. The van der Waals surface area contributed by atoms with Gasteiger partial charge in [0.1, 0.15) is 11.7 Å². The van der Waals surface area contributed by atoms with Crippen molar-refractivity contribution in [3.63, 3.8) is 0 Å². The second kappa shape index (κ2) is 8.21. The van der Waals surface area contributed by atoms with E-state index in [9.17, 15) is 4.79 Å². The summed E-state index contributed by atoms with van der Waals surface area (Å²) in [5.74, 6) is 0. The molecule has 0 aliphatic carbocycles. The Labute approximate surface area is 149 Å². The zero-order valence-corrected chi connectivity index (χ0v) is 15.8. The van der Waals surface area contributed by atoms with E-state index in [-0.39, 0.29) is 18.3 Å². The SMILES string of the molecule is COB(OC)c1ccc(C(C)(C)OC(=O)O[C@@H]2C[C@H](C)O[C@@H]2C)cc1. The van der Waals surface area contributed by atoms with Crippen molar-refractivity contribution in [1.82, 2.24) is 0 Å². The van der Waals surface area contributed by atoms with Crippen molar-refractivity contribution in [2.75, 3.05) is 14.2 Å². The molecule has 0 spiro atoms. The molecule has 0 radical (unpaired) electrons. The van der Waals surface area contributed by atoms with Crippen molar-refractivity contribution in [3.8, 4) is 0 Å². The highest BCUT2D eigenvalue weighted by Gasteiger charge is 2.35. The first-order valence-corrected chi connectivity index (χ1v) is 8.48. The molecule has 1 heterocycles. The summed E-state index contributed by atoms with van der Waals surface area (Å²) in [4.78, 5) is 12.2. The van der Waals surface area contributed by atoms with Gasteiger partial charge in [-0.15, -0.1) is 0 Å². The summed E-state index contributed by atoms with van der Waals surface area (Å²) in [5, 5.41) is 0. The molecule has 1 aromatic carbocycles. The first kappa shape index (κ1) is 19.8. The van der Waals surface area contributed by atoms with Crippen LogP contribution in [0.4, 0.5) is 4.79 Å². The van der Waals surface area contributed by atoms with Crippen molar-refractivity contribution >= 4 is 18.7 Å². The summed E-state index contributed by atoms with van der Waals surface area (Å²) in [6.07, 6.45) is -0.311. The fourth-order valence-electron chi connectivity index (χ4n) is 3.00. The molecule has 1 saturated heterocycles. The zero-order chi connectivity index (χ0) is 18.6. The molecular weight excluding hydrogens is 323 g/mol. The lowest BCUT2D eigenvalue weighted by atomic mass is 9.78. The summed E-state index contributed by atoms with van der Waals surface area (Å²) in [7, 11) is 2.74. The summed E-state index contributed by atoms with van der Waals surface area (Å²) < 4.78 is 27.0. The third kappa shape index (κ3) is 4.97. The average Bonchev–Trinajstić information content (AvgIpc) is 2.86. The molecule has 1 aromatic rings. The van der Waals surface area contributed by atoms with E-state index in [2.05, 4.69) is 0 Å². The van der Waals surface area contributed by atoms with E-state index in [1.54, 1.807) is 14.2 Å². The van der Waals surface area contributed by atoms with Gasteiger partial charge in [-0.3, -0.25) is 0 Å². The van der Waals surface area contributed by atoms with Crippen LogP contribution < -0.4 is 5.46 Å². The van der Waals surface area contributed by atoms with Gasteiger partial charge >= 0.3 is 13.3 Å². The molecule has 2 rings (SSSR count). The van der Waals surface area contributed by atoms with Gasteiger partial charge in [-0.25, -0.2) is 4.79 Å². The standard InChI is InChI=1S/C18H27BO6/c1-12-11-16(13(2)23-12)24-17(20)25-18(3,4)14-7-9-15(10-8-14)19(21-5)22-6/h7-10,12-13,16H,11H2,1-6H3/t12-,13+,16+/m0/s1. The molecule has 1 fully saturated rings. The number of hydrogen-bond acceptors (Lipinski definition) is 6. The minimum absolute atomic E-state index is 0.0860. The fraction of sp³-hybridized carbons (Fsp3) is 0.611. The Morgan fingerprint density at radius 2 is 1.76 bits per heavy atom. The molecule has 138 valence electrons. The minimum atomic E-state index is -0.820. The maximum atomic E-state index is 12.2. The fourth-order valence-corrected chi connectivity index (χ4v) is 3.00. The number of carbonyl (C=O) groups excluding carboxylic acids is 1. The molecule has 6 nitrogen and oxygen atoms in total. The van der Waals surface area contributed by atoms with E-state index in [0.717, 1.165) is 11.0 Å². The Kier molecular flexibility index (Phi) is 6.49. The molecule has 25 heavy (non-hydrogen) atoms. The number of carbonyl (C=O) groups is 1. The van der Waals surface area contributed by atoms with Gasteiger partial charge in [0.2, 0.25) is 0 Å². The van der Waals surface area contributed by atoms with Gasteiger partial charge in [0.05, 0.1) is 12.2 Å². The Morgan fingerprint density at radius 1 is 1.16 bits per heavy atom. The molecule has 1 aliphatic rings. The maximum Gasteiger partial charge on any atom is 0.509 e. The molecule has 0 bridgehead atoms. The van der Waals surface area contributed by atoms with Gasteiger partial charge in [0.25, 0.3) is 0 Å². The molecule has 0 aromatic heterocycles. The topological polar surface area (TPSA) is 63.2 Å². The van der Waals surface area contributed by atoms with E-state index in [4.69, 9.17) is 23.5 Å². The van der Waals surface area contributed by atoms with Gasteiger partial charge in [-0.05, 0) is 38.7 Å². The van der Waals surface area contributed by atoms with Crippen LogP contribution in [-0.4, -0.2) is 45.8 Å². The van der Waals surface area contributed by atoms with Crippen LogP contribution in [0.2, 0.25) is 0 Å². The molecule has 0 amide bonds. The van der Waals surface area contributed by atoms with Crippen LogP contribution in [0, 0.1) is 0 Å². The summed E-state index contributed by atoms with van der Waals surface area (Å²) in [6, 6.07) is 7.55. The first-order chi connectivity index (χ1) is 11.8. The lowest BCUT2D eigenvalue weighted by molar-refractivity contribution is -0.0509. The Hall–Kier alpha value is -1.57. The van der Waals surface area contributed by atoms with Crippen LogP contribution >= 0.6 is 0 Å². The van der Waals surface area contributed by atoms with Crippen molar-refractivity contribution < 1.29 is 28.3 Å². The van der Waals surface area contributed by atoms with Crippen molar-refractivity contribution in [3.05, 3.63) is 29.8 Å². The summed E-state index contributed by atoms with van der Waals surface area (Å²) in [6.45, 7) is 7.51. The largest absolute Gasteiger partial charge is 0.509 e. The van der Waals surface area contributed by atoms with Crippen molar-refractivity contribution in [2.45, 2.75) is 58.0 Å². The van der Waals surface area contributed by atoms with E-state index < -0.39 is 18.9 Å². The number of benzene rings is 1. The summed E-state index contributed by atoms with van der Waals surface area (Å²) in [5.41, 5.74) is 0.917. The Morgan fingerprint density at radius 3 is 2.24 bits per heavy atom. The Bertz CT molecular complexity index is 569. The number of hydrogen-bond donors (Lipinski definition) is 0. The van der Waals surface area contributed by atoms with Crippen LogP contribution in [0.15, 0.2) is 24.3 Å². The third-order valence-corrected chi connectivity index (χ3v) is 4.43. The lowest BCUT2D eigenvalue weighted by Gasteiger charge is -2.26. The predicted octanol–water partition coefficient (Wildman–Crippen LogP) is 2.63. The highest BCUT2D eigenvalue weighted by atomic mass is 16.7. The molecule has 3 atom stereocenters. The Balaban J connectivity index is 1.99. The van der Waals surface area contributed by atoms with E-state index in [1.807, 2.05) is 52.0 Å². The van der Waals surface area contributed by atoms with Gasteiger partial charge in [0.15, 0.2) is 0 Å².